The van der Waals surface area contributed by atoms with Crippen LogP contribution in [0.25, 0.3) is 16.6 Å². The van der Waals surface area contributed by atoms with Crippen LogP contribution in [0, 0.1) is 28.5 Å². The number of ether oxygens (including phenoxy) is 1. The lowest BCUT2D eigenvalue weighted by Gasteiger charge is -2.40. The summed E-state index contributed by atoms with van der Waals surface area (Å²) in [6.45, 7) is 4.74. The Balaban J connectivity index is 1.04. The fourth-order valence-corrected chi connectivity index (χ4v) is 7.59. The number of allylic oxidation sites excluding steroid dienone is 2. The number of nitrogens with one attached hydrogen (secondary N) is 1. The summed E-state index contributed by atoms with van der Waals surface area (Å²) in [5, 5.41) is 21.0. The van der Waals surface area contributed by atoms with E-state index >= 15 is 0 Å². The monoisotopic (exact) mass is 588 g/mol. The molecule has 4 aromatic rings. The zero-order chi connectivity index (χ0) is 29.7. The molecule has 1 saturated carbocycles. The zero-order valence-corrected chi connectivity index (χ0v) is 24.4. The molecule has 2 aromatic heterocycles. The van der Waals surface area contributed by atoms with E-state index in [-0.39, 0.29) is 17.2 Å². The van der Waals surface area contributed by atoms with Crippen molar-refractivity contribution in [1.82, 2.24) is 30.3 Å². The number of nitrogens with zero attached hydrogens (tertiary/aromatic N) is 7. The lowest BCUT2D eigenvalue weighted by Crippen LogP contribution is -2.42. The first-order valence-electron chi connectivity index (χ1n) is 15.4. The molecule has 2 atom stereocenters. The van der Waals surface area contributed by atoms with Crippen molar-refractivity contribution < 1.29 is 9.13 Å². The van der Waals surface area contributed by atoms with E-state index in [9.17, 15) is 9.65 Å². The Labute approximate surface area is 255 Å². The number of anilines is 1. The molecule has 0 bridgehead atoms. The molecule has 0 amide bonds. The third-order valence-electron chi connectivity index (χ3n) is 9.87. The van der Waals surface area contributed by atoms with Gasteiger partial charge in [0.1, 0.15) is 28.8 Å². The smallest absolute Gasteiger partial charge is 0.181 e. The SMILES string of the molecule is N#CC1=CC=C(c2cccc(F)c2)C(Oc2cncnc2N2CCC3(CCN(Cc4ccc5n[nH]nc5c4)C3)C2)(C2CC2)C1. The second kappa shape index (κ2) is 10.5. The predicted molar refractivity (Wildman–Crippen MR) is 164 cm³/mol. The Hall–Kier alpha value is -4.62. The Morgan fingerprint density at radius 2 is 1.93 bits per heavy atom. The summed E-state index contributed by atoms with van der Waals surface area (Å²) in [6, 6.07) is 15.3. The topological polar surface area (TPSA) is 107 Å². The maximum atomic E-state index is 14.4. The van der Waals surface area contributed by atoms with Crippen LogP contribution in [-0.2, 0) is 6.54 Å². The molecule has 2 aliphatic heterocycles. The van der Waals surface area contributed by atoms with Gasteiger partial charge in [-0.2, -0.15) is 20.7 Å². The minimum Gasteiger partial charge on any atom is -0.476 e. The number of hydrogen-bond donors (Lipinski definition) is 1. The second-order valence-corrected chi connectivity index (χ2v) is 12.8. The number of H-pyrrole nitrogens is 1. The maximum Gasteiger partial charge on any atom is 0.181 e. The Morgan fingerprint density at radius 3 is 2.80 bits per heavy atom. The van der Waals surface area contributed by atoms with Crippen LogP contribution < -0.4 is 9.64 Å². The first kappa shape index (κ1) is 27.0. The van der Waals surface area contributed by atoms with E-state index in [0.29, 0.717) is 17.7 Å². The van der Waals surface area contributed by atoms with Gasteiger partial charge in [-0.15, -0.1) is 0 Å². The third kappa shape index (κ3) is 4.81. The molecule has 3 fully saturated rings. The van der Waals surface area contributed by atoms with Crippen molar-refractivity contribution in [3.63, 3.8) is 0 Å². The molecule has 222 valence electrons. The molecule has 2 aliphatic carbocycles. The Kier molecular flexibility index (Phi) is 6.45. The van der Waals surface area contributed by atoms with Crippen LogP contribution in [0.1, 0.15) is 43.2 Å². The lowest BCUT2D eigenvalue weighted by atomic mass is 9.76. The van der Waals surface area contributed by atoms with E-state index in [0.717, 1.165) is 86.4 Å². The van der Waals surface area contributed by atoms with Crippen molar-refractivity contribution in [2.45, 2.75) is 44.2 Å². The normalized spacial score (nSPS) is 25.3. The van der Waals surface area contributed by atoms with Crippen LogP contribution >= 0.6 is 0 Å². The van der Waals surface area contributed by atoms with Crippen molar-refractivity contribution in [3.05, 3.63) is 89.7 Å². The van der Waals surface area contributed by atoms with Gasteiger partial charge in [-0.3, -0.25) is 4.90 Å². The first-order chi connectivity index (χ1) is 21.5. The van der Waals surface area contributed by atoms with Crippen LogP contribution in [0.5, 0.6) is 5.75 Å². The standard InChI is InChI=1S/C34H33FN8O/c35-27-3-1-2-25(15-27)28-8-4-24(17-36)16-34(28,26-6-7-26)44-31-18-37-22-38-32(31)43-13-11-33(21-43)10-12-42(20-33)19-23-5-9-29-30(14-23)40-41-39-29/h1-5,8-9,14-15,18,22,26H,6-7,10-13,16,19-21H2,(H,39,40,41). The molecule has 0 radical (unpaired) electrons. The highest BCUT2D eigenvalue weighted by atomic mass is 19.1. The molecule has 4 heterocycles. The summed E-state index contributed by atoms with van der Waals surface area (Å²) in [5.41, 5.74) is 4.76. The van der Waals surface area contributed by atoms with E-state index in [1.807, 2.05) is 24.3 Å². The molecule has 1 N–H and O–H groups in total. The summed E-state index contributed by atoms with van der Waals surface area (Å²) in [4.78, 5) is 14.0. The number of benzene rings is 2. The largest absolute Gasteiger partial charge is 0.476 e. The molecule has 2 saturated heterocycles. The second-order valence-electron chi connectivity index (χ2n) is 12.8. The number of aromatic amines is 1. The fraction of sp³-hybridized carbons (Fsp3) is 0.382. The van der Waals surface area contributed by atoms with Gasteiger partial charge in [0.25, 0.3) is 0 Å². The molecule has 8 rings (SSSR count). The number of fused-ring (bicyclic) bond motifs is 1. The molecule has 1 spiro atoms. The number of halogens is 1. The van der Waals surface area contributed by atoms with Gasteiger partial charge < -0.3 is 9.64 Å². The molecule has 44 heavy (non-hydrogen) atoms. The van der Waals surface area contributed by atoms with Gasteiger partial charge in [0.15, 0.2) is 11.6 Å². The van der Waals surface area contributed by atoms with E-state index in [1.165, 1.54) is 11.6 Å². The number of aromatic nitrogens is 5. The van der Waals surface area contributed by atoms with Crippen molar-refractivity contribution in [3.8, 4) is 11.8 Å². The predicted octanol–water partition coefficient (Wildman–Crippen LogP) is 5.45. The molecular formula is C34H33FN8O. The highest BCUT2D eigenvalue weighted by molar-refractivity contribution is 5.78. The number of nitriles is 1. The zero-order valence-electron chi connectivity index (χ0n) is 24.4. The minimum absolute atomic E-state index is 0.183. The summed E-state index contributed by atoms with van der Waals surface area (Å²) in [5.74, 6) is 1.33. The van der Waals surface area contributed by atoms with Gasteiger partial charge in [-0.1, -0.05) is 24.3 Å². The Morgan fingerprint density at radius 1 is 1.05 bits per heavy atom. The van der Waals surface area contributed by atoms with Crippen molar-refractivity contribution >= 4 is 22.4 Å². The highest BCUT2D eigenvalue weighted by Crippen LogP contribution is 2.54. The van der Waals surface area contributed by atoms with Gasteiger partial charge in [0.05, 0.1) is 12.3 Å². The average Bonchev–Trinajstić information content (AvgIpc) is 3.48. The minimum atomic E-state index is -0.792. The van der Waals surface area contributed by atoms with Crippen molar-refractivity contribution in [2.75, 3.05) is 31.1 Å². The Bertz CT molecular complexity index is 1840. The molecule has 2 unspecified atom stereocenters. The van der Waals surface area contributed by atoms with Gasteiger partial charge in [0, 0.05) is 55.1 Å². The van der Waals surface area contributed by atoms with Crippen LogP contribution in [-0.4, -0.2) is 62.1 Å². The molecule has 2 aromatic carbocycles. The van der Waals surface area contributed by atoms with E-state index in [2.05, 4.69) is 48.4 Å². The van der Waals surface area contributed by atoms with Crippen molar-refractivity contribution in [1.29, 1.82) is 5.26 Å². The summed E-state index contributed by atoms with van der Waals surface area (Å²) < 4.78 is 21.5. The van der Waals surface area contributed by atoms with Crippen LogP contribution in [0.3, 0.4) is 0 Å². The molecular weight excluding hydrogens is 555 g/mol. The van der Waals surface area contributed by atoms with Gasteiger partial charge in [0.2, 0.25) is 0 Å². The number of likely N-dealkylation sites (tertiary alicyclic amines) is 1. The third-order valence-corrected chi connectivity index (χ3v) is 9.87. The summed E-state index contributed by atoms with van der Waals surface area (Å²) in [6.07, 6.45) is 11.7. The quantitative estimate of drug-likeness (QED) is 0.304. The van der Waals surface area contributed by atoms with E-state index in [4.69, 9.17) is 9.72 Å². The van der Waals surface area contributed by atoms with E-state index < -0.39 is 5.60 Å². The average molecular weight is 589 g/mol. The number of hydrogen-bond acceptors (Lipinski definition) is 8. The van der Waals surface area contributed by atoms with Gasteiger partial charge in [-0.25, -0.2) is 14.4 Å². The maximum absolute atomic E-state index is 14.4. The fourth-order valence-electron chi connectivity index (χ4n) is 7.59. The van der Waals surface area contributed by atoms with E-state index in [1.54, 1.807) is 24.7 Å². The van der Waals surface area contributed by atoms with Crippen LogP contribution in [0.4, 0.5) is 10.2 Å². The lowest BCUT2D eigenvalue weighted by molar-refractivity contribution is 0.106. The van der Waals surface area contributed by atoms with Gasteiger partial charge >= 0.3 is 0 Å². The van der Waals surface area contributed by atoms with Gasteiger partial charge in [-0.05, 0) is 73.7 Å². The molecule has 9 nitrogen and oxygen atoms in total. The molecule has 10 heteroatoms. The van der Waals surface area contributed by atoms with Crippen LogP contribution in [0.15, 0.2) is 72.7 Å². The summed E-state index contributed by atoms with van der Waals surface area (Å²) in [7, 11) is 0. The number of rotatable bonds is 7. The highest BCUT2D eigenvalue weighted by Gasteiger charge is 2.53. The first-order valence-corrected chi connectivity index (χ1v) is 15.4. The molecule has 4 aliphatic rings. The van der Waals surface area contributed by atoms with Crippen molar-refractivity contribution in [2.24, 2.45) is 11.3 Å². The summed E-state index contributed by atoms with van der Waals surface area (Å²) >= 11 is 0. The van der Waals surface area contributed by atoms with Crippen LogP contribution in [0.2, 0.25) is 0 Å².